The summed E-state index contributed by atoms with van der Waals surface area (Å²) in [4.78, 5) is 18.1. The molecule has 0 aliphatic carbocycles. The molecule has 0 saturated carbocycles. The van der Waals surface area contributed by atoms with Crippen LogP contribution in [0.1, 0.15) is 13.3 Å². The van der Waals surface area contributed by atoms with E-state index in [0.717, 1.165) is 62.3 Å². The van der Waals surface area contributed by atoms with E-state index in [1.165, 1.54) is 6.42 Å². The van der Waals surface area contributed by atoms with E-state index in [1.807, 2.05) is 23.1 Å². The van der Waals surface area contributed by atoms with E-state index in [0.29, 0.717) is 5.92 Å². The van der Waals surface area contributed by atoms with E-state index in [2.05, 4.69) is 23.2 Å². The van der Waals surface area contributed by atoms with Crippen molar-refractivity contribution in [2.75, 3.05) is 57.0 Å². The van der Waals surface area contributed by atoms with Crippen molar-refractivity contribution in [3.05, 3.63) is 24.3 Å². The molecule has 2 amide bonds. The van der Waals surface area contributed by atoms with Crippen LogP contribution in [0.4, 0.5) is 10.5 Å². The molecule has 1 aromatic rings. The van der Waals surface area contributed by atoms with Gasteiger partial charge in [-0.25, -0.2) is 4.79 Å². The van der Waals surface area contributed by atoms with Gasteiger partial charge in [0.2, 0.25) is 0 Å². The molecule has 0 spiro atoms. The molecule has 1 aromatic carbocycles. The zero-order valence-corrected chi connectivity index (χ0v) is 15.2. The first kappa shape index (κ1) is 17.6. The number of piperazine rings is 1. The third-order valence-electron chi connectivity index (χ3n) is 4.63. The van der Waals surface area contributed by atoms with Gasteiger partial charge in [-0.2, -0.15) is 0 Å². The largest absolute Gasteiger partial charge is 0.381 e. The van der Waals surface area contributed by atoms with Gasteiger partial charge in [0.25, 0.3) is 0 Å². The third-order valence-corrected chi connectivity index (χ3v) is 5.58. The summed E-state index contributed by atoms with van der Waals surface area (Å²) in [5.74, 6) is 1.67. The number of carbonyl (C=O) groups is 1. The smallest absolute Gasteiger partial charge is 0.321 e. The number of amides is 2. The van der Waals surface area contributed by atoms with E-state index in [9.17, 15) is 4.79 Å². The molecule has 5 nitrogen and oxygen atoms in total. The number of rotatable bonds is 5. The van der Waals surface area contributed by atoms with Gasteiger partial charge in [0, 0.05) is 44.2 Å². The van der Waals surface area contributed by atoms with E-state index >= 15 is 0 Å². The summed E-state index contributed by atoms with van der Waals surface area (Å²) in [6.45, 7) is 8.52. The number of urea groups is 1. The van der Waals surface area contributed by atoms with Gasteiger partial charge in [-0.1, -0.05) is 19.1 Å². The van der Waals surface area contributed by atoms with Crippen LogP contribution in [-0.2, 0) is 4.74 Å². The standard InChI is InChI=1S/C18H27N3O2S/c1-2-24-17-6-4-3-5-16(17)19-18(22)21-10-8-20(9-11-21)13-15-7-12-23-14-15/h3-6,15H,2,7-14H2,1H3,(H,19,22). The van der Waals surface area contributed by atoms with Gasteiger partial charge in [-0.15, -0.1) is 11.8 Å². The molecule has 132 valence electrons. The first-order valence-electron chi connectivity index (χ1n) is 8.84. The number of thioether (sulfide) groups is 1. The Morgan fingerprint density at radius 3 is 2.79 bits per heavy atom. The molecule has 1 atom stereocenters. The van der Waals surface area contributed by atoms with Gasteiger partial charge < -0.3 is 15.0 Å². The number of nitrogens with one attached hydrogen (secondary N) is 1. The Kier molecular flexibility index (Phi) is 6.40. The Balaban J connectivity index is 1.48. The molecule has 0 bridgehead atoms. The van der Waals surface area contributed by atoms with Crippen molar-refractivity contribution in [3.63, 3.8) is 0 Å². The highest BCUT2D eigenvalue weighted by Gasteiger charge is 2.25. The fourth-order valence-electron chi connectivity index (χ4n) is 3.27. The summed E-state index contributed by atoms with van der Waals surface area (Å²) in [6, 6.07) is 8.04. The Labute approximate surface area is 148 Å². The van der Waals surface area contributed by atoms with Crippen molar-refractivity contribution in [1.29, 1.82) is 0 Å². The molecule has 2 aliphatic heterocycles. The van der Waals surface area contributed by atoms with Gasteiger partial charge in [0.05, 0.1) is 12.3 Å². The summed E-state index contributed by atoms with van der Waals surface area (Å²) in [7, 11) is 0. The third kappa shape index (κ3) is 4.65. The average molecular weight is 350 g/mol. The second-order valence-electron chi connectivity index (χ2n) is 6.38. The number of nitrogens with zero attached hydrogens (tertiary/aromatic N) is 2. The van der Waals surface area contributed by atoms with Crippen LogP contribution < -0.4 is 5.32 Å². The highest BCUT2D eigenvalue weighted by molar-refractivity contribution is 7.99. The SMILES string of the molecule is CCSc1ccccc1NC(=O)N1CCN(CC2CCOC2)CC1. The maximum atomic E-state index is 12.5. The molecular formula is C18H27N3O2S. The summed E-state index contributed by atoms with van der Waals surface area (Å²) < 4.78 is 5.45. The molecule has 0 radical (unpaired) electrons. The predicted octanol–water partition coefficient (Wildman–Crippen LogP) is 2.98. The second kappa shape index (κ2) is 8.74. The summed E-state index contributed by atoms with van der Waals surface area (Å²) >= 11 is 1.76. The normalized spacial score (nSPS) is 21.9. The van der Waals surface area contributed by atoms with Gasteiger partial charge in [0.1, 0.15) is 0 Å². The number of hydrogen-bond donors (Lipinski definition) is 1. The minimum atomic E-state index is 0.0167. The van der Waals surface area contributed by atoms with Crippen LogP contribution >= 0.6 is 11.8 Å². The number of hydrogen-bond acceptors (Lipinski definition) is 4. The number of para-hydroxylation sites is 1. The first-order chi connectivity index (χ1) is 11.8. The topological polar surface area (TPSA) is 44.8 Å². The van der Waals surface area contributed by atoms with Crippen LogP contribution in [0, 0.1) is 5.92 Å². The maximum absolute atomic E-state index is 12.5. The van der Waals surface area contributed by atoms with Crippen LogP contribution in [0.2, 0.25) is 0 Å². The van der Waals surface area contributed by atoms with Crippen LogP contribution in [0.15, 0.2) is 29.2 Å². The fraction of sp³-hybridized carbons (Fsp3) is 0.611. The molecule has 2 heterocycles. The lowest BCUT2D eigenvalue weighted by molar-refractivity contribution is 0.124. The molecule has 6 heteroatoms. The Morgan fingerprint density at radius 2 is 2.08 bits per heavy atom. The highest BCUT2D eigenvalue weighted by Crippen LogP contribution is 2.27. The van der Waals surface area contributed by atoms with Gasteiger partial charge >= 0.3 is 6.03 Å². The molecule has 3 rings (SSSR count). The van der Waals surface area contributed by atoms with Crippen LogP contribution in [0.5, 0.6) is 0 Å². The van der Waals surface area contributed by atoms with Crippen molar-refractivity contribution in [1.82, 2.24) is 9.80 Å². The maximum Gasteiger partial charge on any atom is 0.321 e. The number of carbonyl (C=O) groups excluding carboxylic acids is 1. The first-order valence-corrected chi connectivity index (χ1v) is 9.82. The number of benzene rings is 1. The number of ether oxygens (including phenoxy) is 1. The van der Waals surface area contributed by atoms with Crippen molar-refractivity contribution in [3.8, 4) is 0 Å². The summed E-state index contributed by atoms with van der Waals surface area (Å²) in [5.41, 5.74) is 0.917. The second-order valence-corrected chi connectivity index (χ2v) is 7.68. The van der Waals surface area contributed by atoms with Gasteiger partial charge in [0.15, 0.2) is 0 Å². The lowest BCUT2D eigenvalue weighted by Gasteiger charge is -2.35. The van der Waals surface area contributed by atoms with Gasteiger partial charge in [-0.05, 0) is 30.2 Å². The Morgan fingerprint density at radius 1 is 1.29 bits per heavy atom. The minimum absolute atomic E-state index is 0.0167. The highest BCUT2D eigenvalue weighted by atomic mass is 32.2. The molecule has 0 aromatic heterocycles. The molecular weight excluding hydrogens is 322 g/mol. The van der Waals surface area contributed by atoms with E-state index in [-0.39, 0.29) is 6.03 Å². The van der Waals surface area contributed by atoms with Crippen LogP contribution in [0.3, 0.4) is 0 Å². The molecule has 2 saturated heterocycles. The van der Waals surface area contributed by atoms with Gasteiger partial charge in [-0.3, -0.25) is 4.90 Å². The van der Waals surface area contributed by atoms with Crippen molar-refractivity contribution >= 4 is 23.5 Å². The molecule has 1 unspecified atom stereocenters. The van der Waals surface area contributed by atoms with E-state index in [4.69, 9.17) is 4.74 Å². The molecule has 24 heavy (non-hydrogen) atoms. The predicted molar refractivity (Wildman–Crippen MR) is 98.8 cm³/mol. The average Bonchev–Trinajstić information content (AvgIpc) is 3.10. The summed E-state index contributed by atoms with van der Waals surface area (Å²) in [5, 5.41) is 3.08. The zero-order valence-electron chi connectivity index (χ0n) is 14.4. The lowest BCUT2D eigenvalue weighted by Crippen LogP contribution is -2.51. The van der Waals surface area contributed by atoms with Crippen molar-refractivity contribution < 1.29 is 9.53 Å². The van der Waals surface area contributed by atoms with Crippen molar-refractivity contribution in [2.24, 2.45) is 5.92 Å². The van der Waals surface area contributed by atoms with E-state index in [1.54, 1.807) is 11.8 Å². The summed E-state index contributed by atoms with van der Waals surface area (Å²) in [6.07, 6.45) is 1.17. The fourth-order valence-corrected chi connectivity index (χ4v) is 4.03. The molecule has 2 aliphatic rings. The quantitative estimate of drug-likeness (QED) is 0.830. The minimum Gasteiger partial charge on any atom is -0.381 e. The Hall–Kier alpha value is -1.24. The Bertz CT molecular complexity index is 541. The zero-order chi connectivity index (χ0) is 16.8. The van der Waals surface area contributed by atoms with Crippen LogP contribution in [0.25, 0.3) is 0 Å². The van der Waals surface area contributed by atoms with Crippen molar-refractivity contribution in [2.45, 2.75) is 18.2 Å². The molecule has 1 N–H and O–H groups in total. The lowest BCUT2D eigenvalue weighted by atomic mass is 10.1. The van der Waals surface area contributed by atoms with E-state index < -0.39 is 0 Å². The van der Waals surface area contributed by atoms with Crippen LogP contribution in [-0.4, -0.2) is 67.5 Å². The molecule has 2 fully saturated rings. The monoisotopic (exact) mass is 349 g/mol. The number of anilines is 1.